The average Bonchev–Trinajstić information content (AvgIpc) is 3.24. The molecule has 1 fully saturated rings. The molecule has 1 unspecified atom stereocenters. The topological polar surface area (TPSA) is 80.0 Å². The molecule has 1 atom stereocenters. The first kappa shape index (κ1) is 17.8. The van der Waals surface area contributed by atoms with Crippen molar-refractivity contribution in [1.29, 1.82) is 0 Å². The molecule has 0 saturated carbocycles. The van der Waals surface area contributed by atoms with Crippen LogP contribution in [0.4, 0.5) is 0 Å². The Morgan fingerprint density at radius 1 is 1.31 bits per heavy atom. The number of hydrogen-bond acceptors (Lipinski definition) is 5. The van der Waals surface area contributed by atoms with Gasteiger partial charge in [0.15, 0.2) is 0 Å². The zero-order valence-corrected chi connectivity index (χ0v) is 15.0. The summed E-state index contributed by atoms with van der Waals surface area (Å²) in [4.78, 5) is 26.7. The fourth-order valence-electron chi connectivity index (χ4n) is 3.25. The van der Waals surface area contributed by atoms with E-state index in [-0.39, 0.29) is 11.3 Å². The number of ether oxygens (including phenoxy) is 1. The van der Waals surface area contributed by atoms with Crippen LogP contribution in [0.25, 0.3) is 5.76 Å². The Kier molecular flexibility index (Phi) is 4.84. The number of carbonyl (C=O) groups is 2. The number of aryl methyl sites for hydroxylation is 1. The molecule has 1 aliphatic rings. The standard InChI is InChI=1S/C20H21NO5/c1-4-9-21-17(15-6-5-10-26-15)16(19(23)20(21)24)18(22)13-11-12(2)7-8-14(13)25-3/h5-8,10-11,17,22H,4,9H2,1-3H3/b18-16-. The smallest absolute Gasteiger partial charge is 0.295 e. The monoisotopic (exact) mass is 355 g/mol. The molecule has 1 saturated heterocycles. The second kappa shape index (κ2) is 7.07. The van der Waals surface area contributed by atoms with E-state index in [4.69, 9.17) is 9.15 Å². The molecular weight excluding hydrogens is 334 g/mol. The summed E-state index contributed by atoms with van der Waals surface area (Å²) in [6.45, 7) is 4.18. The van der Waals surface area contributed by atoms with E-state index < -0.39 is 17.7 Å². The van der Waals surface area contributed by atoms with Crippen molar-refractivity contribution in [1.82, 2.24) is 4.90 Å². The van der Waals surface area contributed by atoms with E-state index in [1.807, 2.05) is 19.9 Å². The summed E-state index contributed by atoms with van der Waals surface area (Å²) in [5, 5.41) is 11.0. The molecule has 0 radical (unpaired) electrons. The van der Waals surface area contributed by atoms with E-state index >= 15 is 0 Å². The van der Waals surface area contributed by atoms with Crippen LogP contribution in [0, 0.1) is 6.92 Å². The van der Waals surface area contributed by atoms with Crippen LogP contribution in [0.1, 0.15) is 36.3 Å². The van der Waals surface area contributed by atoms with Crippen LogP contribution in [-0.2, 0) is 9.59 Å². The molecule has 6 nitrogen and oxygen atoms in total. The molecule has 1 amide bonds. The van der Waals surface area contributed by atoms with Gasteiger partial charge in [-0.1, -0.05) is 18.6 Å². The van der Waals surface area contributed by atoms with Crippen molar-refractivity contribution in [3.8, 4) is 5.75 Å². The normalized spacial score (nSPS) is 19.2. The molecule has 26 heavy (non-hydrogen) atoms. The van der Waals surface area contributed by atoms with Crippen LogP contribution < -0.4 is 4.74 Å². The van der Waals surface area contributed by atoms with Crippen molar-refractivity contribution < 1.29 is 23.8 Å². The number of nitrogens with zero attached hydrogens (tertiary/aromatic N) is 1. The maximum Gasteiger partial charge on any atom is 0.295 e. The second-order valence-electron chi connectivity index (χ2n) is 6.21. The lowest BCUT2D eigenvalue weighted by molar-refractivity contribution is -0.140. The Morgan fingerprint density at radius 3 is 2.69 bits per heavy atom. The van der Waals surface area contributed by atoms with Crippen LogP contribution in [0.5, 0.6) is 5.75 Å². The number of hydrogen-bond donors (Lipinski definition) is 1. The third-order valence-corrected chi connectivity index (χ3v) is 4.43. The van der Waals surface area contributed by atoms with Crippen LogP contribution in [0.3, 0.4) is 0 Å². The maximum atomic E-state index is 12.7. The van der Waals surface area contributed by atoms with Gasteiger partial charge in [0, 0.05) is 6.54 Å². The highest BCUT2D eigenvalue weighted by Gasteiger charge is 2.47. The molecule has 0 spiro atoms. The molecular formula is C20H21NO5. The second-order valence-corrected chi connectivity index (χ2v) is 6.21. The molecule has 1 aliphatic heterocycles. The highest BCUT2D eigenvalue weighted by molar-refractivity contribution is 6.46. The van der Waals surface area contributed by atoms with Gasteiger partial charge >= 0.3 is 0 Å². The van der Waals surface area contributed by atoms with Gasteiger partial charge in [0.1, 0.15) is 23.3 Å². The number of amides is 1. The number of aliphatic hydroxyl groups excluding tert-OH is 1. The third kappa shape index (κ3) is 2.87. The number of likely N-dealkylation sites (tertiary alicyclic amines) is 1. The van der Waals surface area contributed by atoms with Crippen molar-refractivity contribution >= 4 is 17.4 Å². The van der Waals surface area contributed by atoms with Crippen LogP contribution in [0.2, 0.25) is 0 Å². The maximum absolute atomic E-state index is 12.7. The molecule has 6 heteroatoms. The summed E-state index contributed by atoms with van der Waals surface area (Å²) in [6, 6.07) is 7.91. The van der Waals surface area contributed by atoms with Gasteiger partial charge in [-0.3, -0.25) is 9.59 Å². The van der Waals surface area contributed by atoms with Gasteiger partial charge in [-0.25, -0.2) is 0 Å². The molecule has 2 aromatic rings. The number of Topliss-reactive ketones (excluding diaryl/α,β-unsaturated/α-hetero) is 1. The minimum absolute atomic E-state index is 0.0160. The van der Waals surface area contributed by atoms with E-state index in [2.05, 4.69) is 0 Å². The van der Waals surface area contributed by atoms with Crippen molar-refractivity contribution in [3.63, 3.8) is 0 Å². The predicted octanol–water partition coefficient (Wildman–Crippen LogP) is 3.43. The molecule has 136 valence electrons. The third-order valence-electron chi connectivity index (χ3n) is 4.43. The van der Waals surface area contributed by atoms with Crippen molar-refractivity contribution in [2.45, 2.75) is 26.3 Å². The number of ketones is 1. The van der Waals surface area contributed by atoms with Crippen LogP contribution in [-0.4, -0.2) is 35.4 Å². The van der Waals surface area contributed by atoms with Crippen molar-refractivity contribution in [3.05, 3.63) is 59.1 Å². The lowest BCUT2D eigenvalue weighted by Gasteiger charge is -2.22. The number of furan rings is 1. The highest BCUT2D eigenvalue weighted by Crippen LogP contribution is 2.41. The van der Waals surface area contributed by atoms with E-state index in [1.165, 1.54) is 18.3 Å². The van der Waals surface area contributed by atoms with E-state index in [0.717, 1.165) is 5.56 Å². The Labute approximate surface area is 151 Å². The first-order valence-corrected chi connectivity index (χ1v) is 8.46. The molecule has 1 aromatic carbocycles. The van der Waals surface area contributed by atoms with Crippen molar-refractivity contribution in [2.75, 3.05) is 13.7 Å². The summed E-state index contributed by atoms with van der Waals surface area (Å²) < 4.78 is 10.8. The molecule has 0 aliphatic carbocycles. The van der Waals surface area contributed by atoms with Gasteiger partial charge in [0.2, 0.25) is 0 Å². The Morgan fingerprint density at radius 2 is 2.08 bits per heavy atom. The lowest BCUT2D eigenvalue weighted by Crippen LogP contribution is -2.30. The van der Waals surface area contributed by atoms with Gasteiger partial charge in [-0.2, -0.15) is 0 Å². The fourth-order valence-corrected chi connectivity index (χ4v) is 3.25. The number of rotatable bonds is 5. The lowest BCUT2D eigenvalue weighted by atomic mass is 9.98. The van der Waals surface area contributed by atoms with E-state index in [0.29, 0.717) is 30.0 Å². The van der Waals surface area contributed by atoms with Gasteiger partial charge in [0.05, 0.1) is 24.5 Å². The minimum atomic E-state index is -0.754. The summed E-state index contributed by atoms with van der Waals surface area (Å²) in [7, 11) is 1.49. The SMILES string of the molecule is CCCN1C(=O)C(=O)/C(=C(\O)c2cc(C)ccc2OC)C1c1ccco1. The Bertz CT molecular complexity index is 866. The van der Waals surface area contributed by atoms with E-state index in [9.17, 15) is 14.7 Å². The first-order chi connectivity index (χ1) is 12.5. The average molecular weight is 355 g/mol. The van der Waals surface area contributed by atoms with E-state index in [1.54, 1.807) is 24.3 Å². The first-order valence-electron chi connectivity index (χ1n) is 8.46. The zero-order valence-electron chi connectivity index (χ0n) is 15.0. The fraction of sp³-hybridized carbons (Fsp3) is 0.300. The predicted molar refractivity (Wildman–Crippen MR) is 95.7 cm³/mol. The summed E-state index contributed by atoms with van der Waals surface area (Å²) >= 11 is 0. The zero-order chi connectivity index (χ0) is 18.8. The summed E-state index contributed by atoms with van der Waals surface area (Å²) in [5.41, 5.74) is 1.28. The molecule has 1 N–H and O–H groups in total. The highest BCUT2D eigenvalue weighted by atomic mass is 16.5. The van der Waals surface area contributed by atoms with Crippen molar-refractivity contribution in [2.24, 2.45) is 0 Å². The summed E-state index contributed by atoms with van der Waals surface area (Å²) in [6.07, 6.45) is 2.16. The summed E-state index contributed by atoms with van der Waals surface area (Å²) in [5.74, 6) is -0.759. The Balaban J connectivity index is 2.22. The van der Waals surface area contributed by atoms with Crippen LogP contribution >= 0.6 is 0 Å². The van der Waals surface area contributed by atoms with Gasteiger partial charge in [-0.05, 0) is 37.6 Å². The molecule has 2 heterocycles. The Hall–Kier alpha value is -3.02. The number of aliphatic hydroxyl groups is 1. The molecule has 3 rings (SSSR count). The minimum Gasteiger partial charge on any atom is -0.507 e. The van der Waals surface area contributed by atoms with Gasteiger partial charge in [-0.15, -0.1) is 0 Å². The molecule has 0 bridgehead atoms. The quantitative estimate of drug-likeness (QED) is 0.505. The van der Waals surface area contributed by atoms with Crippen LogP contribution in [0.15, 0.2) is 46.6 Å². The number of carbonyl (C=O) groups excluding carboxylic acids is 2. The van der Waals surface area contributed by atoms with Gasteiger partial charge < -0.3 is 19.2 Å². The van der Waals surface area contributed by atoms with Gasteiger partial charge in [0.25, 0.3) is 11.7 Å². The largest absolute Gasteiger partial charge is 0.507 e. The number of benzene rings is 1. The molecule has 1 aromatic heterocycles. The number of methoxy groups -OCH3 is 1.